The van der Waals surface area contributed by atoms with Crippen LogP contribution in [0.2, 0.25) is 0 Å². The normalized spacial score (nSPS) is 17.9. The molecule has 5 nitrogen and oxygen atoms in total. The topological polar surface area (TPSA) is 54.2 Å². The summed E-state index contributed by atoms with van der Waals surface area (Å²) in [7, 11) is 0. The molecule has 0 spiro atoms. The smallest absolute Gasteiger partial charge is 0.261 e. The Labute approximate surface area is 120 Å². The van der Waals surface area contributed by atoms with E-state index in [1.165, 1.54) is 12.1 Å². The second kappa shape index (κ2) is 5.87. The lowest BCUT2D eigenvalue weighted by Gasteiger charge is -2.30. The first-order valence-corrected chi connectivity index (χ1v) is 6.89. The van der Waals surface area contributed by atoms with E-state index in [1.54, 1.807) is 0 Å². The van der Waals surface area contributed by atoms with Gasteiger partial charge in [-0.3, -0.25) is 4.90 Å². The summed E-state index contributed by atoms with van der Waals surface area (Å²) < 4.78 is 32.1. The molecule has 1 unspecified atom stereocenters. The minimum Gasteiger partial charge on any atom is -0.334 e. The summed E-state index contributed by atoms with van der Waals surface area (Å²) in [5, 5.41) is 7.17. The molecule has 112 valence electrons. The Bertz CT molecular complexity index is 625. The van der Waals surface area contributed by atoms with Crippen molar-refractivity contribution < 1.29 is 13.3 Å². The van der Waals surface area contributed by atoms with Crippen molar-refractivity contribution in [1.82, 2.24) is 20.4 Å². The molecule has 3 rings (SSSR count). The number of nitrogens with one attached hydrogen (secondary N) is 1. The molecule has 2 aromatic rings. The SMILES string of the molecule is CC(c1noc(-c2cccc(F)c2F)n1)N1CCNCC1. The van der Waals surface area contributed by atoms with Gasteiger partial charge in [0.2, 0.25) is 0 Å². The fourth-order valence-corrected chi connectivity index (χ4v) is 2.42. The molecule has 1 aliphatic heterocycles. The minimum atomic E-state index is -0.970. The molecule has 1 atom stereocenters. The molecule has 7 heteroatoms. The predicted octanol–water partition coefficient (Wildman–Crippen LogP) is 1.98. The summed E-state index contributed by atoms with van der Waals surface area (Å²) in [5.74, 6) is -1.41. The van der Waals surface area contributed by atoms with E-state index >= 15 is 0 Å². The largest absolute Gasteiger partial charge is 0.334 e. The number of hydrogen-bond donors (Lipinski definition) is 1. The van der Waals surface area contributed by atoms with Crippen molar-refractivity contribution in [3.63, 3.8) is 0 Å². The van der Waals surface area contributed by atoms with Crippen molar-refractivity contribution in [3.05, 3.63) is 35.7 Å². The van der Waals surface area contributed by atoms with Gasteiger partial charge in [0.25, 0.3) is 5.89 Å². The zero-order valence-corrected chi connectivity index (χ0v) is 11.6. The van der Waals surface area contributed by atoms with Crippen LogP contribution in [-0.4, -0.2) is 41.2 Å². The van der Waals surface area contributed by atoms with Crippen LogP contribution in [0, 0.1) is 11.6 Å². The summed E-state index contributed by atoms with van der Waals surface area (Å²) in [6.07, 6.45) is 0. The molecule has 21 heavy (non-hydrogen) atoms. The molecule has 1 aromatic carbocycles. The van der Waals surface area contributed by atoms with Crippen LogP contribution in [-0.2, 0) is 0 Å². The van der Waals surface area contributed by atoms with Gasteiger partial charge in [0.05, 0.1) is 11.6 Å². The van der Waals surface area contributed by atoms with Gasteiger partial charge in [0.1, 0.15) is 0 Å². The fraction of sp³-hybridized carbons (Fsp3) is 0.429. The van der Waals surface area contributed by atoms with Crippen molar-refractivity contribution in [2.24, 2.45) is 0 Å². The van der Waals surface area contributed by atoms with Crippen LogP contribution in [0.15, 0.2) is 22.7 Å². The summed E-state index contributed by atoms with van der Waals surface area (Å²) in [4.78, 5) is 6.43. The molecular weight excluding hydrogens is 278 g/mol. The molecule has 0 radical (unpaired) electrons. The lowest BCUT2D eigenvalue weighted by Crippen LogP contribution is -2.44. The van der Waals surface area contributed by atoms with Crippen LogP contribution in [0.1, 0.15) is 18.8 Å². The molecule has 0 amide bonds. The van der Waals surface area contributed by atoms with E-state index in [9.17, 15) is 8.78 Å². The van der Waals surface area contributed by atoms with Gasteiger partial charge in [0, 0.05) is 26.2 Å². The maximum Gasteiger partial charge on any atom is 0.261 e. The number of piperazine rings is 1. The minimum absolute atomic E-state index is 0.00369. The third-order valence-corrected chi connectivity index (χ3v) is 3.70. The molecule has 1 N–H and O–H groups in total. The first kappa shape index (κ1) is 14.1. The Kier molecular flexibility index (Phi) is 3.94. The van der Waals surface area contributed by atoms with Gasteiger partial charge in [-0.15, -0.1) is 0 Å². The quantitative estimate of drug-likeness (QED) is 0.938. The maximum atomic E-state index is 13.7. The van der Waals surface area contributed by atoms with Crippen LogP contribution in [0.5, 0.6) is 0 Å². The number of nitrogens with zero attached hydrogens (tertiary/aromatic N) is 3. The van der Waals surface area contributed by atoms with Crippen molar-refractivity contribution in [2.45, 2.75) is 13.0 Å². The molecule has 2 heterocycles. The van der Waals surface area contributed by atoms with Crippen LogP contribution in [0.4, 0.5) is 8.78 Å². The van der Waals surface area contributed by atoms with Gasteiger partial charge in [-0.05, 0) is 19.1 Å². The van der Waals surface area contributed by atoms with Gasteiger partial charge in [-0.25, -0.2) is 8.78 Å². The van der Waals surface area contributed by atoms with Crippen molar-refractivity contribution >= 4 is 0 Å². The molecule has 1 saturated heterocycles. The van der Waals surface area contributed by atoms with Gasteiger partial charge < -0.3 is 9.84 Å². The monoisotopic (exact) mass is 294 g/mol. The van der Waals surface area contributed by atoms with Gasteiger partial charge in [-0.2, -0.15) is 4.98 Å². The van der Waals surface area contributed by atoms with Crippen molar-refractivity contribution in [3.8, 4) is 11.5 Å². The molecule has 1 fully saturated rings. The highest BCUT2D eigenvalue weighted by atomic mass is 19.2. The Morgan fingerprint density at radius 1 is 1.29 bits per heavy atom. The van der Waals surface area contributed by atoms with Crippen molar-refractivity contribution in [1.29, 1.82) is 0 Å². The third-order valence-electron chi connectivity index (χ3n) is 3.70. The van der Waals surface area contributed by atoms with E-state index in [1.807, 2.05) is 6.92 Å². The standard InChI is InChI=1S/C14H16F2N4O/c1-9(20-7-5-17-6-8-20)13-18-14(21-19-13)10-3-2-4-11(15)12(10)16/h2-4,9,17H,5-8H2,1H3. The Balaban J connectivity index is 1.84. The van der Waals surface area contributed by atoms with E-state index in [2.05, 4.69) is 20.4 Å². The van der Waals surface area contributed by atoms with E-state index in [0.717, 1.165) is 32.2 Å². The Morgan fingerprint density at radius 2 is 2.05 bits per heavy atom. The van der Waals surface area contributed by atoms with E-state index in [0.29, 0.717) is 5.82 Å². The predicted molar refractivity (Wildman–Crippen MR) is 72.5 cm³/mol. The molecule has 1 aromatic heterocycles. The second-order valence-corrected chi connectivity index (χ2v) is 5.02. The summed E-state index contributed by atoms with van der Waals surface area (Å²) >= 11 is 0. The Hall–Kier alpha value is -1.86. The van der Waals surface area contributed by atoms with Gasteiger partial charge >= 0.3 is 0 Å². The first-order valence-electron chi connectivity index (χ1n) is 6.89. The van der Waals surface area contributed by atoms with Crippen LogP contribution in [0.3, 0.4) is 0 Å². The Morgan fingerprint density at radius 3 is 2.81 bits per heavy atom. The molecule has 0 bridgehead atoms. The van der Waals surface area contributed by atoms with E-state index < -0.39 is 11.6 Å². The maximum absolute atomic E-state index is 13.7. The highest BCUT2D eigenvalue weighted by Crippen LogP contribution is 2.25. The third kappa shape index (κ3) is 2.79. The fourth-order valence-electron chi connectivity index (χ4n) is 2.42. The lowest BCUT2D eigenvalue weighted by molar-refractivity contribution is 0.176. The molecule has 1 aliphatic rings. The highest BCUT2D eigenvalue weighted by Gasteiger charge is 2.24. The zero-order valence-electron chi connectivity index (χ0n) is 11.6. The highest BCUT2D eigenvalue weighted by molar-refractivity contribution is 5.53. The number of benzene rings is 1. The molecule has 0 saturated carbocycles. The van der Waals surface area contributed by atoms with Gasteiger partial charge in [-0.1, -0.05) is 11.2 Å². The number of hydrogen-bond acceptors (Lipinski definition) is 5. The first-order chi connectivity index (χ1) is 10.2. The van der Waals surface area contributed by atoms with Crippen LogP contribution in [0.25, 0.3) is 11.5 Å². The second-order valence-electron chi connectivity index (χ2n) is 5.02. The average Bonchev–Trinajstić information content (AvgIpc) is 3.00. The van der Waals surface area contributed by atoms with Crippen LogP contribution < -0.4 is 5.32 Å². The number of halogens is 2. The molecule has 0 aliphatic carbocycles. The summed E-state index contributed by atoms with van der Waals surface area (Å²) in [5.41, 5.74) is -0.0127. The summed E-state index contributed by atoms with van der Waals surface area (Å²) in [6.45, 7) is 5.57. The van der Waals surface area contributed by atoms with Crippen molar-refractivity contribution in [2.75, 3.05) is 26.2 Å². The number of rotatable bonds is 3. The molecular formula is C14H16F2N4O. The summed E-state index contributed by atoms with van der Waals surface area (Å²) in [6, 6.07) is 3.86. The zero-order chi connectivity index (χ0) is 14.8. The average molecular weight is 294 g/mol. The van der Waals surface area contributed by atoms with E-state index in [-0.39, 0.29) is 17.5 Å². The van der Waals surface area contributed by atoms with Crippen LogP contribution >= 0.6 is 0 Å². The van der Waals surface area contributed by atoms with E-state index in [4.69, 9.17) is 4.52 Å². The van der Waals surface area contributed by atoms with Gasteiger partial charge in [0.15, 0.2) is 17.5 Å². The number of aromatic nitrogens is 2. The lowest BCUT2D eigenvalue weighted by atomic mass is 10.2.